The highest BCUT2D eigenvalue weighted by Gasteiger charge is 2.14. The maximum Gasteiger partial charge on any atom is 0.207 e. The lowest BCUT2D eigenvalue weighted by Gasteiger charge is -2.22. The first-order valence-electron chi connectivity index (χ1n) is 4.38. The fourth-order valence-corrected chi connectivity index (χ4v) is 1.22. The van der Waals surface area contributed by atoms with Gasteiger partial charge in [-0.15, -0.1) is 0 Å². The molecule has 0 radical (unpaired) electrons. The van der Waals surface area contributed by atoms with Crippen molar-refractivity contribution in [2.45, 2.75) is 39.7 Å². The highest BCUT2D eigenvalue weighted by Crippen LogP contribution is 2.20. The van der Waals surface area contributed by atoms with Gasteiger partial charge in [0.1, 0.15) is 0 Å². The summed E-state index contributed by atoms with van der Waals surface area (Å²) >= 11 is 0. The Balaban J connectivity index is 3.46. The van der Waals surface area contributed by atoms with Gasteiger partial charge in [-0.05, 0) is 18.3 Å². The minimum Gasteiger partial charge on any atom is -0.359 e. The van der Waals surface area contributed by atoms with E-state index in [-0.39, 0.29) is 11.5 Å². The van der Waals surface area contributed by atoms with Crippen LogP contribution in [-0.4, -0.2) is 19.0 Å². The Bertz CT molecular complexity index is 129. The maximum atomic E-state index is 9.92. The minimum absolute atomic E-state index is 0.192. The van der Waals surface area contributed by atoms with Crippen molar-refractivity contribution < 1.29 is 4.79 Å². The summed E-state index contributed by atoms with van der Waals surface area (Å²) in [6, 6.07) is 0.192. The summed E-state index contributed by atoms with van der Waals surface area (Å²) in [4.78, 5) is 9.92. The van der Waals surface area contributed by atoms with E-state index in [1.807, 2.05) is 0 Å². The molecule has 3 heteroatoms. The van der Waals surface area contributed by atoms with Crippen molar-refractivity contribution in [1.82, 2.24) is 5.32 Å². The van der Waals surface area contributed by atoms with E-state index in [4.69, 9.17) is 5.73 Å². The third-order valence-corrected chi connectivity index (χ3v) is 1.62. The molecule has 0 heterocycles. The van der Waals surface area contributed by atoms with Crippen LogP contribution in [0.2, 0.25) is 0 Å². The largest absolute Gasteiger partial charge is 0.359 e. The third-order valence-electron chi connectivity index (χ3n) is 1.62. The second-order valence-electron chi connectivity index (χ2n) is 4.39. The van der Waals surface area contributed by atoms with Gasteiger partial charge in [-0.3, -0.25) is 4.79 Å². The number of amides is 1. The fraction of sp³-hybridized carbons (Fsp3) is 0.889. The van der Waals surface area contributed by atoms with Crippen LogP contribution in [0.1, 0.15) is 33.6 Å². The fourth-order valence-electron chi connectivity index (χ4n) is 1.22. The topological polar surface area (TPSA) is 55.1 Å². The molecule has 0 bridgehead atoms. The maximum absolute atomic E-state index is 9.92. The molecular weight excluding hydrogens is 152 g/mol. The molecule has 0 aromatic carbocycles. The first-order chi connectivity index (χ1) is 5.45. The van der Waals surface area contributed by atoms with E-state index in [0.717, 1.165) is 12.8 Å². The van der Waals surface area contributed by atoms with E-state index >= 15 is 0 Å². The Morgan fingerprint density at radius 3 is 2.50 bits per heavy atom. The molecule has 12 heavy (non-hydrogen) atoms. The lowest BCUT2D eigenvalue weighted by Crippen LogP contribution is -2.30. The normalized spacial score (nSPS) is 14.0. The molecule has 1 amide bonds. The van der Waals surface area contributed by atoms with Crippen molar-refractivity contribution in [3.8, 4) is 0 Å². The molecular formula is C9H20N2O. The average molecular weight is 172 g/mol. The summed E-state index contributed by atoms with van der Waals surface area (Å²) in [7, 11) is 0. The second kappa shape index (κ2) is 5.14. The first-order valence-corrected chi connectivity index (χ1v) is 4.38. The molecule has 0 aliphatic rings. The summed E-state index contributed by atoms with van der Waals surface area (Å²) in [5.74, 6) is 0. The van der Waals surface area contributed by atoms with Gasteiger partial charge in [0.25, 0.3) is 0 Å². The minimum atomic E-state index is 0.192. The van der Waals surface area contributed by atoms with Crippen molar-refractivity contribution in [1.29, 1.82) is 0 Å². The number of carbonyl (C=O) groups is 1. The molecule has 0 aliphatic heterocycles. The summed E-state index contributed by atoms with van der Waals surface area (Å²) in [5, 5.41) is 2.60. The van der Waals surface area contributed by atoms with Gasteiger partial charge in [0, 0.05) is 12.6 Å². The molecule has 3 nitrogen and oxygen atoms in total. The van der Waals surface area contributed by atoms with Crippen LogP contribution < -0.4 is 11.1 Å². The molecule has 3 N–H and O–H groups in total. The number of hydrogen-bond donors (Lipinski definition) is 2. The zero-order chi connectivity index (χ0) is 9.61. The van der Waals surface area contributed by atoms with Crippen LogP contribution in [0, 0.1) is 5.41 Å². The van der Waals surface area contributed by atoms with E-state index < -0.39 is 0 Å². The molecule has 0 saturated heterocycles. The first kappa shape index (κ1) is 11.4. The predicted octanol–water partition coefficient (Wildman–Crippen LogP) is 0.886. The van der Waals surface area contributed by atoms with Gasteiger partial charge in [-0.2, -0.15) is 0 Å². The van der Waals surface area contributed by atoms with Gasteiger partial charge in [-0.25, -0.2) is 0 Å². The van der Waals surface area contributed by atoms with Crippen molar-refractivity contribution in [3.05, 3.63) is 0 Å². The summed E-state index contributed by atoms with van der Waals surface area (Å²) in [6.45, 7) is 7.18. The number of rotatable bonds is 5. The highest BCUT2D eigenvalue weighted by molar-refractivity contribution is 5.45. The van der Waals surface area contributed by atoms with Gasteiger partial charge >= 0.3 is 0 Å². The lowest BCUT2D eigenvalue weighted by atomic mass is 9.87. The van der Waals surface area contributed by atoms with Gasteiger partial charge in [0.15, 0.2) is 0 Å². The molecule has 0 aromatic heterocycles. The van der Waals surface area contributed by atoms with Gasteiger partial charge in [0.05, 0.1) is 0 Å². The Morgan fingerprint density at radius 1 is 1.50 bits per heavy atom. The van der Waals surface area contributed by atoms with Gasteiger partial charge < -0.3 is 11.1 Å². The monoisotopic (exact) mass is 172 g/mol. The van der Waals surface area contributed by atoms with Crippen molar-refractivity contribution in [2.24, 2.45) is 11.1 Å². The highest BCUT2D eigenvalue weighted by atomic mass is 16.1. The van der Waals surface area contributed by atoms with Crippen LogP contribution in [0.3, 0.4) is 0 Å². The van der Waals surface area contributed by atoms with Gasteiger partial charge in [-0.1, -0.05) is 20.8 Å². The Morgan fingerprint density at radius 2 is 2.08 bits per heavy atom. The molecule has 0 aromatic rings. The quantitative estimate of drug-likeness (QED) is 0.478. The molecule has 0 aliphatic carbocycles. The lowest BCUT2D eigenvalue weighted by molar-refractivity contribution is -0.109. The van der Waals surface area contributed by atoms with Crippen LogP contribution >= 0.6 is 0 Å². The molecule has 0 fully saturated rings. The van der Waals surface area contributed by atoms with Crippen LogP contribution in [0.25, 0.3) is 0 Å². The van der Waals surface area contributed by atoms with E-state index in [1.165, 1.54) is 0 Å². The smallest absolute Gasteiger partial charge is 0.207 e. The van der Waals surface area contributed by atoms with Gasteiger partial charge in [0.2, 0.25) is 6.41 Å². The standard InChI is InChI=1S/C9H20N2O/c1-9(2,3)6-8(10)4-5-11-7-12/h7-8H,4-6,10H2,1-3H3,(H,11,12)/t8-/m0/s1. The van der Waals surface area contributed by atoms with Crippen LogP contribution in [-0.2, 0) is 4.79 Å². The molecule has 0 saturated carbocycles. The van der Waals surface area contributed by atoms with Crippen LogP contribution in [0.15, 0.2) is 0 Å². The van der Waals surface area contributed by atoms with E-state index in [0.29, 0.717) is 13.0 Å². The van der Waals surface area contributed by atoms with Crippen LogP contribution in [0.4, 0.5) is 0 Å². The second-order valence-corrected chi connectivity index (χ2v) is 4.39. The molecule has 0 unspecified atom stereocenters. The van der Waals surface area contributed by atoms with Crippen molar-refractivity contribution >= 4 is 6.41 Å². The predicted molar refractivity (Wildman–Crippen MR) is 50.7 cm³/mol. The van der Waals surface area contributed by atoms with E-state index in [1.54, 1.807) is 0 Å². The van der Waals surface area contributed by atoms with E-state index in [9.17, 15) is 4.79 Å². The number of nitrogens with two attached hydrogens (primary N) is 1. The Labute approximate surface area is 74.7 Å². The van der Waals surface area contributed by atoms with Crippen LogP contribution in [0.5, 0.6) is 0 Å². The molecule has 0 spiro atoms. The third kappa shape index (κ3) is 7.54. The summed E-state index contributed by atoms with van der Waals surface area (Å²) < 4.78 is 0. The van der Waals surface area contributed by atoms with Crippen molar-refractivity contribution in [2.75, 3.05) is 6.54 Å². The number of nitrogens with one attached hydrogen (secondary N) is 1. The number of carbonyl (C=O) groups excluding carboxylic acids is 1. The average Bonchev–Trinajstić information content (AvgIpc) is 1.84. The number of hydrogen-bond acceptors (Lipinski definition) is 2. The summed E-state index contributed by atoms with van der Waals surface area (Å²) in [6.07, 6.45) is 2.56. The summed E-state index contributed by atoms with van der Waals surface area (Å²) in [5.41, 5.74) is 6.12. The zero-order valence-corrected chi connectivity index (χ0v) is 8.26. The molecule has 0 rings (SSSR count). The Kier molecular flexibility index (Phi) is 4.90. The SMILES string of the molecule is CC(C)(C)C[C@@H](N)CCNC=O. The van der Waals surface area contributed by atoms with E-state index in [2.05, 4.69) is 26.1 Å². The molecule has 72 valence electrons. The Hall–Kier alpha value is -0.570. The zero-order valence-electron chi connectivity index (χ0n) is 8.26. The van der Waals surface area contributed by atoms with Crippen molar-refractivity contribution in [3.63, 3.8) is 0 Å². The molecule has 1 atom stereocenters.